The molecule has 0 heterocycles. The molecular weight excluding hydrogens is 180 g/mol. The maximum atomic E-state index is 4.01. The second-order valence-electron chi connectivity index (χ2n) is 3.28. The molecule has 0 fully saturated rings. The predicted octanol–water partition coefficient (Wildman–Crippen LogP) is 2.74. The van der Waals surface area contributed by atoms with E-state index in [1.807, 2.05) is 43.4 Å². The third-order valence-corrected chi connectivity index (χ3v) is 2.25. The van der Waals surface area contributed by atoms with Gasteiger partial charge in [0.1, 0.15) is 0 Å². The second-order valence-corrected chi connectivity index (χ2v) is 3.28. The number of hydrogen-bond donors (Lipinski definition) is 0. The van der Waals surface area contributed by atoms with Crippen molar-refractivity contribution in [2.75, 3.05) is 0 Å². The van der Waals surface area contributed by atoms with Gasteiger partial charge in [-0.3, -0.25) is 0 Å². The Morgan fingerprint density at radius 2 is 1.67 bits per heavy atom. The summed E-state index contributed by atoms with van der Waals surface area (Å²) in [5, 5.41) is 2.13. The van der Waals surface area contributed by atoms with Crippen LogP contribution >= 0.6 is 0 Å². The molecule has 0 bridgehead atoms. The molecule has 0 aliphatic rings. The Labute approximate surface area is 91.3 Å². The lowest BCUT2D eigenvalue weighted by Crippen LogP contribution is -2.23. The fraction of sp³-hybridized carbons (Fsp3) is 0.0667. The van der Waals surface area contributed by atoms with E-state index in [2.05, 4.69) is 25.8 Å². The van der Waals surface area contributed by atoms with E-state index in [4.69, 9.17) is 0 Å². The van der Waals surface area contributed by atoms with Crippen LogP contribution in [-0.2, 0) is 0 Å². The summed E-state index contributed by atoms with van der Waals surface area (Å²) in [6.45, 7) is 13.6. The van der Waals surface area contributed by atoms with Crippen LogP contribution in [0.4, 0.5) is 0 Å². The molecule has 1 aromatic rings. The van der Waals surface area contributed by atoms with E-state index in [0.717, 1.165) is 21.6 Å². The van der Waals surface area contributed by atoms with Crippen molar-refractivity contribution in [2.45, 2.75) is 6.92 Å². The molecule has 0 amide bonds. The van der Waals surface area contributed by atoms with E-state index in [0.29, 0.717) is 0 Å². The molecule has 15 heavy (non-hydrogen) atoms. The van der Waals surface area contributed by atoms with Gasteiger partial charge in [-0.15, -0.1) is 0 Å². The van der Waals surface area contributed by atoms with Crippen molar-refractivity contribution < 1.29 is 0 Å². The Kier molecular flexibility index (Phi) is 3.87. The van der Waals surface area contributed by atoms with E-state index in [1.54, 1.807) is 0 Å². The highest BCUT2D eigenvalue weighted by molar-refractivity contribution is 5.64. The van der Waals surface area contributed by atoms with Crippen molar-refractivity contribution in [3.8, 4) is 0 Å². The van der Waals surface area contributed by atoms with Crippen molar-refractivity contribution in [3.63, 3.8) is 0 Å². The summed E-state index contributed by atoms with van der Waals surface area (Å²) in [5.41, 5.74) is 2.17. The average Bonchev–Trinajstić information content (AvgIpc) is 2.27. The molecule has 0 N–H and O–H groups in total. The largest absolute Gasteiger partial charge is 0.0984 e. The Bertz CT molecular complexity index is 502. The molecule has 0 nitrogen and oxygen atoms in total. The van der Waals surface area contributed by atoms with Crippen LogP contribution in [0.25, 0.3) is 24.8 Å². The molecule has 1 rings (SSSR count). The minimum atomic E-state index is 1.01. The van der Waals surface area contributed by atoms with E-state index in [1.165, 1.54) is 0 Å². The zero-order chi connectivity index (χ0) is 11.3. The molecule has 0 radical (unpaired) electrons. The Balaban J connectivity index is 3.52. The Morgan fingerprint density at radius 1 is 1.07 bits per heavy atom. The van der Waals surface area contributed by atoms with Crippen LogP contribution in [0.5, 0.6) is 0 Å². The molecule has 0 atom stereocenters. The highest BCUT2D eigenvalue weighted by Crippen LogP contribution is 2.06. The number of hydrogen-bond acceptors (Lipinski definition) is 0. The van der Waals surface area contributed by atoms with Crippen molar-refractivity contribution in [3.05, 3.63) is 59.0 Å². The standard InChI is InChI=1S/C15H16/c1-5-8-9-15-11-14(7-3)13(6-2)10-12(15)4/h5-11H,2-4H2,1H3/b8-5-,15-9-. The SMILES string of the molecule is C=Cc1cc(=C)/c(=C\C=C/C)cc1C=C. The lowest BCUT2D eigenvalue weighted by atomic mass is 10.0. The number of benzene rings is 1. The van der Waals surface area contributed by atoms with Gasteiger partial charge in [0.25, 0.3) is 0 Å². The predicted molar refractivity (Wildman–Crippen MR) is 70.7 cm³/mol. The summed E-state index contributed by atoms with van der Waals surface area (Å²) in [6, 6.07) is 4.10. The summed E-state index contributed by atoms with van der Waals surface area (Å²) >= 11 is 0. The third kappa shape index (κ3) is 2.57. The minimum Gasteiger partial charge on any atom is -0.0984 e. The highest BCUT2D eigenvalue weighted by Gasteiger charge is 1.94. The molecular formula is C15H16. The highest BCUT2D eigenvalue weighted by atomic mass is 14.0. The van der Waals surface area contributed by atoms with Gasteiger partial charge in [0, 0.05) is 0 Å². The van der Waals surface area contributed by atoms with Crippen LogP contribution in [0.2, 0.25) is 0 Å². The topological polar surface area (TPSA) is 0 Å². The first-order valence-electron chi connectivity index (χ1n) is 4.93. The number of allylic oxidation sites excluding steroid dienone is 2. The second kappa shape index (κ2) is 5.16. The van der Waals surface area contributed by atoms with Gasteiger partial charge in [-0.1, -0.05) is 50.1 Å². The molecule has 76 valence electrons. The molecule has 0 saturated carbocycles. The summed E-state index contributed by atoms with van der Waals surface area (Å²) in [4.78, 5) is 0. The van der Waals surface area contributed by atoms with Gasteiger partial charge < -0.3 is 0 Å². The number of rotatable bonds is 3. The van der Waals surface area contributed by atoms with Crippen LogP contribution in [0.3, 0.4) is 0 Å². The molecule has 0 saturated heterocycles. The first kappa shape index (κ1) is 11.3. The van der Waals surface area contributed by atoms with Crippen LogP contribution in [0.15, 0.2) is 37.4 Å². The Hall–Kier alpha value is -1.82. The molecule has 0 unspecified atom stereocenters. The van der Waals surface area contributed by atoms with E-state index < -0.39 is 0 Å². The van der Waals surface area contributed by atoms with Crippen molar-refractivity contribution >= 4 is 24.8 Å². The lowest BCUT2D eigenvalue weighted by Gasteiger charge is -2.00. The fourth-order valence-corrected chi connectivity index (χ4v) is 1.41. The molecule has 0 spiro atoms. The summed E-state index contributed by atoms with van der Waals surface area (Å²) in [5.74, 6) is 0. The van der Waals surface area contributed by atoms with Crippen LogP contribution in [-0.4, -0.2) is 0 Å². The summed E-state index contributed by atoms with van der Waals surface area (Å²) < 4.78 is 0. The van der Waals surface area contributed by atoms with Gasteiger partial charge in [-0.2, -0.15) is 0 Å². The molecule has 0 heteroatoms. The van der Waals surface area contributed by atoms with Gasteiger partial charge in [0.05, 0.1) is 0 Å². The lowest BCUT2D eigenvalue weighted by molar-refractivity contribution is 1.48. The van der Waals surface area contributed by atoms with E-state index in [-0.39, 0.29) is 0 Å². The quantitative estimate of drug-likeness (QED) is 0.697. The molecule has 0 aromatic heterocycles. The monoisotopic (exact) mass is 196 g/mol. The van der Waals surface area contributed by atoms with E-state index in [9.17, 15) is 0 Å². The third-order valence-electron chi connectivity index (χ3n) is 2.25. The van der Waals surface area contributed by atoms with Crippen molar-refractivity contribution in [2.24, 2.45) is 0 Å². The zero-order valence-electron chi connectivity index (χ0n) is 9.16. The van der Waals surface area contributed by atoms with E-state index >= 15 is 0 Å². The molecule has 1 aromatic carbocycles. The Morgan fingerprint density at radius 3 is 2.20 bits per heavy atom. The summed E-state index contributed by atoms with van der Waals surface area (Å²) in [7, 11) is 0. The van der Waals surface area contributed by atoms with Crippen LogP contribution in [0, 0.1) is 0 Å². The maximum absolute atomic E-state index is 4.01. The molecule has 0 aliphatic carbocycles. The van der Waals surface area contributed by atoms with Crippen LogP contribution in [0.1, 0.15) is 18.1 Å². The minimum absolute atomic E-state index is 1.01. The first-order valence-corrected chi connectivity index (χ1v) is 4.93. The zero-order valence-corrected chi connectivity index (χ0v) is 9.16. The fourth-order valence-electron chi connectivity index (χ4n) is 1.41. The van der Waals surface area contributed by atoms with Gasteiger partial charge in [-0.25, -0.2) is 0 Å². The van der Waals surface area contributed by atoms with Crippen molar-refractivity contribution in [1.82, 2.24) is 0 Å². The van der Waals surface area contributed by atoms with Gasteiger partial charge in [-0.05, 0) is 40.6 Å². The smallest absolute Gasteiger partial charge is 0.0184 e. The van der Waals surface area contributed by atoms with Gasteiger partial charge >= 0.3 is 0 Å². The maximum Gasteiger partial charge on any atom is -0.0184 e. The summed E-state index contributed by atoms with van der Waals surface area (Å²) in [6.07, 6.45) is 9.70. The average molecular weight is 196 g/mol. The van der Waals surface area contributed by atoms with Gasteiger partial charge in [0.2, 0.25) is 0 Å². The first-order chi connectivity index (χ1) is 7.22. The normalized spacial score (nSPS) is 11.9. The van der Waals surface area contributed by atoms with Crippen molar-refractivity contribution in [1.29, 1.82) is 0 Å². The molecule has 0 aliphatic heterocycles. The van der Waals surface area contributed by atoms with Crippen LogP contribution < -0.4 is 10.4 Å². The van der Waals surface area contributed by atoms with Gasteiger partial charge in [0.15, 0.2) is 0 Å².